The number of carbonyl (C=O) groups excluding carboxylic acids is 2. The standard InChI is InChI=1S/C28H35N3O4S/c1-21-10-5-6-14-24(21)28(33)30-26-16-8-7-15-25(26)29-27(32)23-13-9-18-31(20-23)36(34,35)19-17-22-11-3-2-4-12-22/h2-6,10-12,14,17,19,23,25-26H,7-9,13,15-16,18,20H2,1H3,(H,29,32)(H,30,33)/b19-17+/t23?,25-,26-/m1/s1. The van der Waals surface area contributed by atoms with E-state index in [0.29, 0.717) is 24.9 Å². The molecule has 1 unspecified atom stereocenters. The van der Waals surface area contributed by atoms with Crippen LogP contribution in [0, 0.1) is 12.8 Å². The van der Waals surface area contributed by atoms with Crippen LogP contribution in [0.1, 0.15) is 60.0 Å². The SMILES string of the molecule is Cc1ccccc1C(=O)N[C@@H]1CCCC[C@H]1NC(=O)C1CCCN(S(=O)(=O)/C=C/c2ccccc2)C1. The molecule has 0 radical (unpaired) electrons. The highest BCUT2D eigenvalue weighted by atomic mass is 32.2. The first-order chi connectivity index (χ1) is 17.3. The van der Waals surface area contributed by atoms with Gasteiger partial charge in [0.25, 0.3) is 5.91 Å². The molecule has 2 aromatic carbocycles. The van der Waals surface area contributed by atoms with E-state index in [2.05, 4.69) is 10.6 Å². The van der Waals surface area contributed by atoms with Gasteiger partial charge in [-0.05, 0) is 55.9 Å². The molecule has 1 aliphatic heterocycles. The van der Waals surface area contributed by atoms with Crippen molar-refractivity contribution in [1.29, 1.82) is 0 Å². The Morgan fingerprint density at radius 2 is 1.56 bits per heavy atom. The molecule has 8 heteroatoms. The van der Waals surface area contributed by atoms with Crippen molar-refractivity contribution in [1.82, 2.24) is 14.9 Å². The Morgan fingerprint density at radius 3 is 2.28 bits per heavy atom. The van der Waals surface area contributed by atoms with Gasteiger partial charge >= 0.3 is 0 Å². The third-order valence-corrected chi connectivity index (χ3v) is 8.68. The fourth-order valence-corrected chi connectivity index (χ4v) is 6.33. The van der Waals surface area contributed by atoms with E-state index in [0.717, 1.165) is 36.8 Å². The van der Waals surface area contributed by atoms with Gasteiger partial charge in [0.2, 0.25) is 15.9 Å². The molecule has 3 atom stereocenters. The van der Waals surface area contributed by atoms with Crippen molar-refractivity contribution >= 4 is 27.9 Å². The van der Waals surface area contributed by atoms with Gasteiger partial charge in [0, 0.05) is 36.1 Å². The number of nitrogens with one attached hydrogen (secondary N) is 2. The van der Waals surface area contributed by atoms with E-state index in [1.807, 2.05) is 61.5 Å². The molecule has 7 nitrogen and oxygen atoms in total. The van der Waals surface area contributed by atoms with E-state index in [9.17, 15) is 18.0 Å². The minimum Gasteiger partial charge on any atom is -0.351 e. The highest BCUT2D eigenvalue weighted by molar-refractivity contribution is 7.92. The molecular weight excluding hydrogens is 474 g/mol. The molecule has 1 saturated carbocycles. The molecule has 4 rings (SSSR count). The average molecular weight is 510 g/mol. The molecule has 1 saturated heterocycles. The summed E-state index contributed by atoms with van der Waals surface area (Å²) in [6.45, 7) is 2.48. The number of carbonyl (C=O) groups is 2. The Morgan fingerprint density at radius 1 is 0.889 bits per heavy atom. The van der Waals surface area contributed by atoms with Crippen molar-refractivity contribution < 1.29 is 18.0 Å². The van der Waals surface area contributed by atoms with Crippen LogP contribution in [0.2, 0.25) is 0 Å². The van der Waals surface area contributed by atoms with Crippen LogP contribution in [-0.4, -0.2) is 49.7 Å². The van der Waals surface area contributed by atoms with Gasteiger partial charge in [-0.1, -0.05) is 61.4 Å². The number of amides is 2. The van der Waals surface area contributed by atoms with E-state index in [4.69, 9.17) is 0 Å². The van der Waals surface area contributed by atoms with Gasteiger partial charge in [-0.25, -0.2) is 8.42 Å². The van der Waals surface area contributed by atoms with E-state index in [1.165, 1.54) is 9.71 Å². The summed E-state index contributed by atoms with van der Waals surface area (Å²) in [5.74, 6) is -0.670. The third kappa shape index (κ3) is 6.62. The maximum absolute atomic E-state index is 13.2. The lowest BCUT2D eigenvalue weighted by Crippen LogP contribution is -2.55. The summed E-state index contributed by atoms with van der Waals surface area (Å²) in [4.78, 5) is 26.1. The molecule has 192 valence electrons. The zero-order valence-electron chi connectivity index (χ0n) is 20.7. The van der Waals surface area contributed by atoms with Crippen LogP contribution in [0.4, 0.5) is 0 Å². The number of aryl methyl sites for hydroxylation is 1. The van der Waals surface area contributed by atoms with Gasteiger partial charge in [-0.15, -0.1) is 0 Å². The molecule has 2 amide bonds. The van der Waals surface area contributed by atoms with Gasteiger partial charge in [0.15, 0.2) is 0 Å². The van der Waals surface area contributed by atoms with Crippen LogP contribution in [0.15, 0.2) is 60.0 Å². The Labute approximate surface area is 214 Å². The molecule has 1 heterocycles. The van der Waals surface area contributed by atoms with Crippen molar-refractivity contribution in [2.24, 2.45) is 5.92 Å². The minimum atomic E-state index is -3.63. The van der Waals surface area contributed by atoms with Crippen molar-refractivity contribution in [3.8, 4) is 0 Å². The number of hydrogen-bond acceptors (Lipinski definition) is 4. The quantitative estimate of drug-likeness (QED) is 0.592. The zero-order chi connectivity index (χ0) is 25.5. The number of benzene rings is 2. The van der Waals surface area contributed by atoms with E-state index < -0.39 is 15.9 Å². The number of rotatable bonds is 7. The predicted molar refractivity (Wildman–Crippen MR) is 142 cm³/mol. The maximum Gasteiger partial charge on any atom is 0.251 e. The lowest BCUT2D eigenvalue weighted by molar-refractivity contribution is -0.127. The zero-order valence-corrected chi connectivity index (χ0v) is 21.5. The van der Waals surface area contributed by atoms with E-state index in [-0.39, 0.29) is 30.4 Å². The number of piperidine rings is 1. The first kappa shape index (κ1) is 26.1. The van der Waals surface area contributed by atoms with Crippen LogP contribution in [0.5, 0.6) is 0 Å². The Hall–Kier alpha value is -2.97. The highest BCUT2D eigenvalue weighted by Gasteiger charge is 2.34. The second-order valence-electron chi connectivity index (χ2n) is 9.75. The summed E-state index contributed by atoms with van der Waals surface area (Å²) in [5, 5.41) is 7.50. The van der Waals surface area contributed by atoms with Crippen LogP contribution >= 0.6 is 0 Å². The monoisotopic (exact) mass is 509 g/mol. The highest BCUT2D eigenvalue weighted by Crippen LogP contribution is 2.24. The molecule has 0 spiro atoms. The molecule has 1 aliphatic carbocycles. The first-order valence-corrected chi connectivity index (χ1v) is 14.2. The van der Waals surface area contributed by atoms with Gasteiger partial charge in [0.1, 0.15) is 0 Å². The Bertz CT molecular complexity index is 1200. The lowest BCUT2D eigenvalue weighted by atomic mass is 9.89. The molecule has 36 heavy (non-hydrogen) atoms. The van der Waals surface area contributed by atoms with Gasteiger partial charge in [-0.2, -0.15) is 4.31 Å². The van der Waals surface area contributed by atoms with Crippen molar-refractivity contribution in [3.63, 3.8) is 0 Å². The molecule has 2 aromatic rings. The summed E-state index contributed by atoms with van der Waals surface area (Å²) in [6, 6.07) is 16.4. The topological polar surface area (TPSA) is 95.6 Å². The first-order valence-electron chi connectivity index (χ1n) is 12.7. The maximum atomic E-state index is 13.2. The van der Waals surface area contributed by atoms with Crippen molar-refractivity contribution in [2.75, 3.05) is 13.1 Å². The van der Waals surface area contributed by atoms with E-state index in [1.54, 1.807) is 6.08 Å². The largest absolute Gasteiger partial charge is 0.351 e. The summed E-state index contributed by atoms with van der Waals surface area (Å²) in [7, 11) is -3.63. The predicted octanol–water partition coefficient (Wildman–Crippen LogP) is 3.86. The molecular formula is C28H35N3O4S. The van der Waals surface area contributed by atoms with Crippen LogP contribution in [0.3, 0.4) is 0 Å². The summed E-state index contributed by atoms with van der Waals surface area (Å²) in [5.41, 5.74) is 2.37. The fourth-order valence-electron chi connectivity index (χ4n) is 5.05. The molecule has 0 aromatic heterocycles. The van der Waals surface area contributed by atoms with Gasteiger partial charge < -0.3 is 10.6 Å². The summed E-state index contributed by atoms with van der Waals surface area (Å²) in [6.07, 6.45) is 6.44. The second kappa shape index (κ2) is 11.8. The number of sulfonamides is 1. The van der Waals surface area contributed by atoms with Crippen LogP contribution in [0.25, 0.3) is 6.08 Å². The van der Waals surface area contributed by atoms with Gasteiger partial charge in [0.05, 0.1) is 5.92 Å². The van der Waals surface area contributed by atoms with Gasteiger partial charge in [-0.3, -0.25) is 9.59 Å². The number of nitrogens with zero attached hydrogens (tertiary/aromatic N) is 1. The molecule has 0 bridgehead atoms. The lowest BCUT2D eigenvalue weighted by Gasteiger charge is -2.35. The Kier molecular flexibility index (Phi) is 8.59. The van der Waals surface area contributed by atoms with E-state index >= 15 is 0 Å². The molecule has 2 N–H and O–H groups in total. The summed E-state index contributed by atoms with van der Waals surface area (Å²) >= 11 is 0. The van der Waals surface area contributed by atoms with Crippen molar-refractivity contribution in [3.05, 3.63) is 76.7 Å². The average Bonchev–Trinajstić information content (AvgIpc) is 2.89. The molecule has 2 fully saturated rings. The fraction of sp³-hybridized carbons (Fsp3) is 0.429. The summed E-state index contributed by atoms with van der Waals surface area (Å²) < 4.78 is 27.2. The second-order valence-corrected chi connectivity index (χ2v) is 11.6. The molecule has 2 aliphatic rings. The minimum absolute atomic E-state index is 0.126. The smallest absolute Gasteiger partial charge is 0.251 e. The van der Waals surface area contributed by atoms with Crippen molar-refractivity contribution in [2.45, 2.75) is 57.5 Å². The third-order valence-electron chi connectivity index (χ3n) is 7.15. The van der Waals surface area contributed by atoms with Crippen LogP contribution in [-0.2, 0) is 14.8 Å². The Balaban J connectivity index is 1.37. The van der Waals surface area contributed by atoms with Crippen LogP contribution < -0.4 is 10.6 Å². The normalized spacial score (nSPS) is 23.3. The number of hydrogen-bond donors (Lipinski definition) is 2.